The third kappa shape index (κ3) is 3.66. The molecule has 0 saturated carbocycles. The standard InChI is InChI=1S/C7H13N/c1-3-5-7(8)6-4-2/h5,7H,1,4,6,8H2,2H3/t7-/m1/s1. The lowest BCUT2D eigenvalue weighted by atomic mass is 10.2. The molecule has 0 fully saturated rings. The Morgan fingerprint density at radius 1 is 1.88 bits per heavy atom. The van der Waals surface area contributed by atoms with Crippen molar-refractivity contribution in [2.45, 2.75) is 25.8 Å². The Bertz CT molecular complexity index is 90.6. The highest BCUT2D eigenvalue weighted by molar-refractivity contribution is 4.86. The average Bonchev–Trinajstić information content (AvgIpc) is 1.68. The SMILES string of the molecule is C=C=C[C@@H](N)CCC. The molecule has 0 aromatic rings. The number of rotatable bonds is 3. The predicted molar refractivity (Wildman–Crippen MR) is 36.6 cm³/mol. The fourth-order valence-corrected chi connectivity index (χ4v) is 0.568. The van der Waals surface area contributed by atoms with E-state index in [4.69, 9.17) is 5.73 Å². The van der Waals surface area contributed by atoms with Gasteiger partial charge in [0.15, 0.2) is 0 Å². The van der Waals surface area contributed by atoms with Crippen LogP contribution in [0.2, 0.25) is 0 Å². The van der Waals surface area contributed by atoms with E-state index in [0.29, 0.717) is 0 Å². The quantitative estimate of drug-likeness (QED) is 0.548. The van der Waals surface area contributed by atoms with Gasteiger partial charge in [-0.3, -0.25) is 0 Å². The molecule has 1 nitrogen and oxygen atoms in total. The highest BCUT2D eigenvalue weighted by atomic mass is 14.6. The van der Waals surface area contributed by atoms with Crippen LogP contribution in [-0.2, 0) is 0 Å². The van der Waals surface area contributed by atoms with E-state index < -0.39 is 0 Å². The van der Waals surface area contributed by atoms with Crippen LogP contribution in [0.4, 0.5) is 0 Å². The first kappa shape index (κ1) is 7.48. The van der Waals surface area contributed by atoms with Crippen molar-refractivity contribution in [2.75, 3.05) is 0 Å². The van der Waals surface area contributed by atoms with Crippen LogP contribution in [-0.4, -0.2) is 6.04 Å². The van der Waals surface area contributed by atoms with Crippen LogP contribution in [0, 0.1) is 0 Å². The highest BCUT2D eigenvalue weighted by Gasteiger charge is 1.90. The summed E-state index contributed by atoms with van der Waals surface area (Å²) in [4.78, 5) is 0. The Hall–Kier alpha value is -0.520. The zero-order valence-corrected chi connectivity index (χ0v) is 5.35. The van der Waals surface area contributed by atoms with Crippen molar-refractivity contribution in [3.8, 4) is 0 Å². The number of hydrogen-bond donors (Lipinski definition) is 1. The van der Waals surface area contributed by atoms with Gasteiger partial charge in [-0.1, -0.05) is 19.9 Å². The van der Waals surface area contributed by atoms with E-state index in [0.717, 1.165) is 12.8 Å². The molecule has 0 radical (unpaired) electrons. The zero-order chi connectivity index (χ0) is 6.41. The maximum atomic E-state index is 5.54. The van der Waals surface area contributed by atoms with E-state index in [1.165, 1.54) is 0 Å². The molecule has 1 atom stereocenters. The van der Waals surface area contributed by atoms with E-state index in [1.54, 1.807) is 6.08 Å². The van der Waals surface area contributed by atoms with Crippen molar-refractivity contribution < 1.29 is 0 Å². The molecular weight excluding hydrogens is 98.1 g/mol. The summed E-state index contributed by atoms with van der Waals surface area (Å²) >= 11 is 0. The Labute approximate surface area is 50.9 Å². The van der Waals surface area contributed by atoms with Crippen molar-refractivity contribution in [3.63, 3.8) is 0 Å². The van der Waals surface area contributed by atoms with Gasteiger partial charge in [0, 0.05) is 6.04 Å². The molecule has 0 saturated heterocycles. The second-order valence-electron chi connectivity index (χ2n) is 1.82. The van der Waals surface area contributed by atoms with Crippen molar-refractivity contribution in [3.05, 3.63) is 18.4 Å². The predicted octanol–water partition coefficient (Wildman–Crippen LogP) is 1.45. The van der Waals surface area contributed by atoms with Gasteiger partial charge in [0.2, 0.25) is 0 Å². The van der Waals surface area contributed by atoms with E-state index >= 15 is 0 Å². The Morgan fingerprint density at radius 2 is 2.50 bits per heavy atom. The third-order valence-electron chi connectivity index (χ3n) is 0.954. The van der Waals surface area contributed by atoms with Crippen LogP contribution in [0.1, 0.15) is 19.8 Å². The summed E-state index contributed by atoms with van der Waals surface area (Å²) < 4.78 is 0. The summed E-state index contributed by atoms with van der Waals surface area (Å²) in [6, 6.07) is 0.164. The Kier molecular flexibility index (Phi) is 4.33. The second kappa shape index (κ2) is 4.63. The van der Waals surface area contributed by atoms with E-state index in [1.807, 2.05) is 0 Å². The lowest BCUT2D eigenvalue weighted by Gasteiger charge is -1.98. The Morgan fingerprint density at radius 3 is 2.88 bits per heavy atom. The smallest absolute Gasteiger partial charge is 0.0299 e. The molecule has 0 aliphatic rings. The molecule has 0 spiro atoms. The third-order valence-corrected chi connectivity index (χ3v) is 0.954. The summed E-state index contributed by atoms with van der Waals surface area (Å²) in [6.07, 6.45) is 3.95. The molecule has 0 amide bonds. The van der Waals surface area contributed by atoms with Crippen LogP contribution in [0.15, 0.2) is 18.4 Å². The minimum absolute atomic E-state index is 0.164. The fraction of sp³-hybridized carbons (Fsp3) is 0.571. The average molecular weight is 111 g/mol. The molecule has 2 N–H and O–H groups in total. The lowest BCUT2D eigenvalue weighted by Crippen LogP contribution is -2.15. The molecule has 0 aromatic heterocycles. The molecule has 0 aromatic carbocycles. The first-order chi connectivity index (χ1) is 3.81. The van der Waals surface area contributed by atoms with Crippen LogP contribution in [0.3, 0.4) is 0 Å². The minimum atomic E-state index is 0.164. The van der Waals surface area contributed by atoms with Gasteiger partial charge in [-0.15, -0.1) is 5.73 Å². The zero-order valence-electron chi connectivity index (χ0n) is 5.35. The first-order valence-corrected chi connectivity index (χ1v) is 2.92. The summed E-state index contributed by atoms with van der Waals surface area (Å²) in [5.74, 6) is 0. The molecule has 0 rings (SSSR count). The second-order valence-corrected chi connectivity index (χ2v) is 1.82. The van der Waals surface area contributed by atoms with Gasteiger partial charge in [-0.05, 0) is 12.5 Å². The van der Waals surface area contributed by atoms with Crippen LogP contribution in [0.25, 0.3) is 0 Å². The molecule has 0 unspecified atom stereocenters. The van der Waals surface area contributed by atoms with Gasteiger partial charge in [-0.25, -0.2) is 0 Å². The van der Waals surface area contributed by atoms with Crippen molar-refractivity contribution >= 4 is 0 Å². The largest absolute Gasteiger partial charge is 0.324 e. The summed E-state index contributed by atoms with van der Waals surface area (Å²) in [7, 11) is 0. The maximum absolute atomic E-state index is 5.54. The fourth-order valence-electron chi connectivity index (χ4n) is 0.568. The summed E-state index contributed by atoms with van der Waals surface area (Å²) in [6.45, 7) is 5.53. The van der Waals surface area contributed by atoms with Gasteiger partial charge in [0.05, 0.1) is 0 Å². The van der Waals surface area contributed by atoms with Crippen LogP contribution >= 0.6 is 0 Å². The molecule has 0 bridgehead atoms. The molecule has 0 aliphatic heterocycles. The molecule has 1 heteroatoms. The number of nitrogens with two attached hydrogens (primary N) is 1. The molecule has 0 aliphatic carbocycles. The molecule has 46 valence electrons. The van der Waals surface area contributed by atoms with Crippen molar-refractivity contribution in [1.29, 1.82) is 0 Å². The van der Waals surface area contributed by atoms with E-state index in [9.17, 15) is 0 Å². The Balaban J connectivity index is 3.31. The maximum Gasteiger partial charge on any atom is 0.0299 e. The minimum Gasteiger partial charge on any atom is -0.324 e. The van der Waals surface area contributed by atoms with Crippen LogP contribution < -0.4 is 5.73 Å². The normalized spacial score (nSPS) is 12.2. The van der Waals surface area contributed by atoms with Crippen molar-refractivity contribution in [1.82, 2.24) is 0 Å². The van der Waals surface area contributed by atoms with Gasteiger partial charge in [-0.2, -0.15) is 0 Å². The highest BCUT2D eigenvalue weighted by Crippen LogP contribution is 1.91. The summed E-state index contributed by atoms with van der Waals surface area (Å²) in [5, 5.41) is 0. The van der Waals surface area contributed by atoms with E-state index in [2.05, 4.69) is 19.2 Å². The van der Waals surface area contributed by atoms with Gasteiger partial charge >= 0.3 is 0 Å². The molecule has 8 heavy (non-hydrogen) atoms. The summed E-state index contributed by atoms with van der Waals surface area (Å²) in [5.41, 5.74) is 8.19. The monoisotopic (exact) mass is 111 g/mol. The van der Waals surface area contributed by atoms with Gasteiger partial charge < -0.3 is 5.73 Å². The first-order valence-electron chi connectivity index (χ1n) is 2.92. The van der Waals surface area contributed by atoms with Gasteiger partial charge in [0.25, 0.3) is 0 Å². The van der Waals surface area contributed by atoms with Crippen LogP contribution in [0.5, 0.6) is 0 Å². The van der Waals surface area contributed by atoms with Crippen molar-refractivity contribution in [2.24, 2.45) is 5.73 Å². The molecular formula is C7H13N. The number of hydrogen-bond acceptors (Lipinski definition) is 1. The van der Waals surface area contributed by atoms with Gasteiger partial charge in [0.1, 0.15) is 0 Å². The lowest BCUT2D eigenvalue weighted by molar-refractivity contribution is 0.704. The topological polar surface area (TPSA) is 26.0 Å². The molecule has 0 heterocycles. The van der Waals surface area contributed by atoms with E-state index in [-0.39, 0.29) is 6.04 Å².